The average molecular weight is 446 g/mol. The minimum atomic E-state index is -0.179. The van der Waals surface area contributed by atoms with Gasteiger partial charge in [-0.3, -0.25) is 14.7 Å². The highest BCUT2D eigenvalue weighted by Gasteiger charge is 2.19. The molecule has 162 valence electrons. The summed E-state index contributed by atoms with van der Waals surface area (Å²) >= 11 is 1.50. The lowest BCUT2D eigenvalue weighted by Gasteiger charge is -2.17. The molecule has 4 rings (SSSR count). The summed E-state index contributed by atoms with van der Waals surface area (Å²) in [5, 5.41) is 0.641. The SMILES string of the molecule is COc1ccc(/C=C/C(=O)N(Cc2ccccn2)c2nc3c(C)cccc3s2)cc1OC. The van der Waals surface area contributed by atoms with Crippen molar-refractivity contribution in [1.82, 2.24) is 9.97 Å². The highest BCUT2D eigenvalue weighted by molar-refractivity contribution is 7.22. The first kappa shape index (κ1) is 21.5. The second-order valence-electron chi connectivity index (χ2n) is 7.11. The van der Waals surface area contributed by atoms with Gasteiger partial charge in [0, 0.05) is 12.3 Å². The third kappa shape index (κ3) is 4.63. The zero-order chi connectivity index (χ0) is 22.5. The van der Waals surface area contributed by atoms with E-state index >= 15 is 0 Å². The van der Waals surface area contributed by atoms with Crippen molar-refractivity contribution in [1.29, 1.82) is 0 Å². The van der Waals surface area contributed by atoms with Crippen LogP contribution in [0.5, 0.6) is 11.5 Å². The highest BCUT2D eigenvalue weighted by Crippen LogP contribution is 2.32. The number of benzene rings is 2. The van der Waals surface area contributed by atoms with Crippen molar-refractivity contribution >= 4 is 38.7 Å². The van der Waals surface area contributed by atoms with E-state index in [1.54, 1.807) is 37.5 Å². The second kappa shape index (κ2) is 9.62. The maximum absolute atomic E-state index is 13.3. The van der Waals surface area contributed by atoms with Crippen LogP contribution in [0.15, 0.2) is 66.9 Å². The van der Waals surface area contributed by atoms with Gasteiger partial charge in [-0.1, -0.05) is 35.6 Å². The monoisotopic (exact) mass is 445 g/mol. The van der Waals surface area contributed by atoms with E-state index in [4.69, 9.17) is 14.5 Å². The first-order valence-corrected chi connectivity index (χ1v) is 10.9. The Bertz CT molecular complexity index is 1270. The second-order valence-corrected chi connectivity index (χ2v) is 8.12. The van der Waals surface area contributed by atoms with Gasteiger partial charge < -0.3 is 9.47 Å². The van der Waals surface area contributed by atoms with Crippen LogP contribution in [-0.4, -0.2) is 30.1 Å². The van der Waals surface area contributed by atoms with Crippen LogP contribution in [0.4, 0.5) is 5.13 Å². The lowest BCUT2D eigenvalue weighted by atomic mass is 10.2. The number of carbonyl (C=O) groups excluding carboxylic acids is 1. The number of pyridine rings is 1. The third-order valence-electron chi connectivity index (χ3n) is 4.98. The first-order valence-electron chi connectivity index (χ1n) is 10.1. The predicted octanol–water partition coefficient (Wildman–Crippen LogP) is 5.26. The Labute approximate surface area is 190 Å². The molecular formula is C25H23N3O3S. The minimum Gasteiger partial charge on any atom is -0.493 e. The number of anilines is 1. The van der Waals surface area contributed by atoms with Gasteiger partial charge in [0.2, 0.25) is 0 Å². The van der Waals surface area contributed by atoms with Crippen molar-refractivity contribution in [3.63, 3.8) is 0 Å². The fraction of sp³-hybridized carbons (Fsp3) is 0.160. The zero-order valence-electron chi connectivity index (χ0n) is 18.1. The van der Waals surface area contributed by atoms with E-state index in [1.165, 1.54) is 11.3 Å². The van der Waals surface area contributed by atoms with Crippen LogP contribution in [0.1, 0.15) is 16.8 Å². The summed E-state index contributed by atoms with van der Waals surface area (Å²) < 4.78 is 11.7. The lowest BCUT2D eigenvalue weighted by molar-refractivity contribution is -0.114. The summed E-state index contributed by atoms with van der Waals surface area (Å²) in [4.78, 5) is 24.1. The molecule has 0 saturated carbocycles. The van der Waals surface area contributed by atoms with Crippen molar-refractivity contribution < 1.29 is 14.3 Å². The van der Waals surface area contributed by atoms with Crippen LogP contribution in [0.3, 0.4) is 0 Å². The molecule has 0 fully saturated rings. The number of thiazole rings is 1. The summed E-state index contributed by atoms with van der Waals surface area (Å²) in [5.74, 6) is 1.06. The van der Waals surface area contributed by atoms with Crippen LogP contribution in [0.2, 0.25) is 0 Å². The molecule has 4 aromatic rings. The molecular weight excluding hydrogens is 422 g/mol. The Hall–Kier alpha value is -3.71. The Morgan fingerprint density at radius 1 is 1.06 bits per heavy atom. The van der Waals surface area contributed by atoms with Crippen molar-refractivity contribution in [2.75, 3.05) is 19.1 Å². The number of nitrogens with zero attached hydrogens (tertiary/aromatic N) is 3. The molecule has 0 bridgehead atoms. The van der Waals surface area contributed by atoms with E-state index in [1.807, 2.05) is 61.5 Å². The molecule has 0 aliphatic carbocycles. The Balaban J connectivity index is 1.66. The Morgan fingerprint density at radius 2 is 1.91 bits per heavy atom. The number of fused-ring (bicyclic) bond motifs is 1. The standard InChI is InChI=1S/C25H23N3O3S/c1-17-7-6-9-22-24(17)27-25(32-22)28(16-19-8-4-5-14-26-19)23(29)13-11-18-10-12-20(30-2)21(15-18)31-3/h4-15H,16H2,1-3H3/b13-11+. The van der Waals surface area contributed by atoms with Crippen LogP contribution in [0, 0.1) is 6.92 Å². The highest BCUT2D eigenvalue weighted by atomic mass is 32.1. The van der Waals surface area contributed by atoms with Gasteiger partial charge >= 0.3 is 0 Å². The third-order valence-corrected chi connectivity index (χ3v) is 6.02. The van der Waals surface area contributed by atoms with Gasteiger partial charge in [0.15, 0.2) is 16.6 Å². The van der Waals surface area contributed by atoms with Crippen molar-refractivity contribution in [3.8, 4) is 11.5 Å². The van der Waals surface area contributed by atoms with E-state index in [9.17, 15) is 4.79 Å². The molecule has 32 heavy (non-hydrogen) atoms. The molecule has 0 N–H and O–H groups in total. The van der Waals surface area contributed by atoms with Gasteiger partial charge in [0.05, 0.1) is 36.7 Å². The molecule has 0 saturated heterocycles. The lowest BCUT2D eigenvalue weighted by Crippen LogP contribution is -2.29. The van der Waals surface area contributed by atoms with E-state index in [2.05, 4.69) is 4.98 Å². The van der Waals surface area contributed by atoms with Gasteiger partial charge in [0.1, 0.15) is 0 Å². The maximum atomic E-state index is 13.3. The molecule has 0 unspecified atom stereocenters. The largest absolute Gasteiger partial charge is 0.493 e. The number of para-hydroxylation sites is 1. The molecule has 2 heterocycles. The smallest absolute Gasteiger partial charge is 0.253 e. The molecule has 6 nitrogen and oxygen atoms in total. The van der Waals surface area contributed by atoms with Crippen molar-refractivity contribution in [2.45, 2.75) is 13.5 Å². The number of hydrogen-bond acceptors (Lipinski definition) is 6. The van der Waals surface area contributed by atoms with Gasteiger partial charge in [-0.15, -0.1) is 0 Å². The van der Waals surface area contributed by atoms with Crippen LogP contribution in [-0.2, 0) is 11.3 Å². The Kier molecular flexibility index (Phi) is 6.47. The summed E-state index contributed by atoms with van der Waals surface area (Å²) in [5.41, 5.74) is 3.61. The molecule has 2 aromatic heterocycles. The number of aromatic nitrogens is 2. The molecule has 0 atom stereocenters. The number of hydrogen-bond donors (Lipinski definition) is 0. The summed E-state index contributed by atoms with van der Waals surface area (Å²) in [6, 6.07) is 17.2. The number of rotatable bonds is 7. The van der Waals surface area contributed by atoms with E-state index in [-0.39, 0.29) is 5.91 Å². The summed E-state index contributed by atoms with van der Waals surface area (Å²) in [6.07, 6.45) is 5.03. The van der Waals surface area contributed by atoms with Crippen molar-refractivity contribution in [3.05, 3.63) is 83.7 Å². The molecule has 0 spiro atoms. The molecule has 2 aromatic carbocycles. The topological polar surface area (TPSA) is 64.5 Å². The number of aryl methyl sites for hydroxylation is 1. The number of amides is 1. The van der Waals surface area contributed by atoms with Crippen LogP contribution in [0.25, 0.3) is 16.3 Å². The van der Waals surface area contributed by atoms with Crippen LogP contribution < -0.4 is 14.4 Å². The summed E-state index contributed by atoms with van der Waals surface area (Å²) in [6.45, 7) is 2.35. The van der Waals surface area contributed by atoms with Crippen LogP contribution >= 0.6 is 11.3 Å². The average Bonchev–Trinajstić information content (AvgIpc) is 3.27. The first-order chi connectivity index (χ1) is 15.6. The minimum absolute atomic E-state index is 0.179. The number of ether oxygens (including phenoxy) is 2. The molecule has 0 aliphatic rings. The number of methoxy groups -OCH3 is 2. The zero-order valence-corrected chi connectivity index (χ0v) is 18.9. The predicted molar refractivity (Wildman–Crippen MR) is 128 cm³/mol. The van der Waals surface area contributed by atoms with Gasteiger partial charge in [-0.2, -0.15) is 0 Å². The fourth-order valence-corrected chi connectivity index (χ4v) is 4.35. The fourth-order valence-electron chi connectivity index (χ4n) is 3.30. The molecule has 0 aliphatic heterocycles. The molecule has 0 radical (unpaired) electrons. The van der Waals surface area contributed by atoms with E-state index < -0.39 is 0 Å². The maximum Gasteiger partial charge on any atom is 0.253 e. The van der Waals surface area contributed by atoms with E-state index in [0.717, 1.165) is 27.0 Å². The van der Waals surface area contributed by atoms with Gasteiger partial charge in [-0.05, 0) is 54.5 Å². The number of carbonyl (C=O) groups is 1. The van der Waals surface area contributed by atoms with Crippen molar-refractivity contribution in [2.24, 2.45) is 0 Å². The Morgan fingerprint density at radius 3 is 2.62 bits per heavy atom. The normalized spacial score (nSPS) is 11.1. The van der Waals surface area contributed by atoms with E-state index in [0.29, 0.717) is 23.2 Å². The molecule has 7 heteroatoms. The van der Waals surface area contributed by atoms with Gasteiger partial charge in [-0.25, -0.2) is 4.98 Å². The van der Waals surface area contributed by atoms with Gasteiger partial charge in [0.25, 0.3) is 5.91 Å². The molecule has 1 amide bonds. The summed E-state index contributed by atoms with van der Waals surface area (Å²) in [7, 11) is 3.17. The quantitative estimate of drug-likeness (QED) is 0.363.